The van der Waals surface area contributed by atoms with Crippen LogP contribution in [0.3, 0.4) is 0 Å². The normalized spacial score (nSPS) is 29.1. The molecule has 0 amide bonds. The predicted octanol–water partition coefficient (Wildman–Crippen LogP) is 1.84. The molecule has 2 nitrogen and oxygen atoms in total. The molecule has 2 N–H and O–H groups in total. The van der Waals surface area contributed by atoms with E-state index in [2.05, 4.69) is 24.4 Å². The highest BCUT2D eigenvalue weighted by Crippen LogP contribution is 2.28. The lowest BCUT2D eigenvalue weighted by molar-refractivity contribution is 0.0980. The van der Waals surface area contributed by atoms with Crippen molar-refractivity contribution in [3.63, 3.8) is 0 Å². The van der Waals surface area contributed by atoms with E-state index in [0.29, 0.717) is 0 Å². The first-order valence-electron chi connectivity index (χ1n) is 4.75. The van der Waals surface area contributed by atoms with Gasteiger partial charge < -0.3 is 10.4 Å². The molecule has 0 radical (unpaired) electrons. The lowest BCUT2D eigenvalue weighted by Gasteiger charge is -2.28. The third-order valence-electron chi connectivity index (χ3n) is 2.49. The Bertz CT molecular complexity index is 284. The smallest absolute Gasteiger partial charge is 0.0743 e. The molecule has 0 spiro atoms. The molecule has 3 heteroatoms. The predicted molar refractivity (Wildman–Crippen MR) is 55.0 cm³/mol. The second-order valence-electron chi connectivity index (χ2n) is 3.59. The van der Waals surface area contributed by atoms with Crippen molar-refractivity contribution >= 4 is 11.3 Å². The van der Waals surface area contributed by atoms with Crippen molar-refractivity contribution in [2.45, 2.75) is 31.9 Å². The average Bonchev–Trinajstić information content (AvgIpc) is 2.53. The van der Waals surface area contributed by atoms with Crippen molar-refractivity contribution in [3.8, 4) is 0 Å². The third kappa shape index (κ3) is 1.93. The molecule has 1 fully saturated rings. The van der Waals surface area contributed by atoms with Crippen LogP contribution in [0, 0.1) is 6.92 Å². The molecule has 2 rings (SSSR count). The Labute approximate surface area is 82.6 Å². The quantitative estimate of drug-likeness (QED) is 0.720. The number of hydrogen-bond acceptors (Lipinski definition) is 3. The van der Waals surface area contributed by atoms with Gasteiger partial charge in [0.05, 0.1) is 12.1 Å². The fourth-order valence-corrected chi connectivity index (χ4v) is 2.79. The highest BCUT2D eigenvalue weighted by molar-refractivity contribution is 7.12. The zero-order chi connectivity index (χ0) is 9.26. The second kappa shape index (κ2) is 3.78. The molecule has 1 aromatic heterocycles. The largest absolute Gasteiger partial charge is 0.391 e. The first-order chi connectivity index (χ1) is 6.27. The Morgan fingerprint density at radius 3 is 3.00 bits per heavy atom. The highest BCUT2D eigenvalue weighted by atomic mass is 32.1. The highest BCUT2D eigenvalue weighted by Gasteiger charge is 2.24. The lowest BCUT2D eigenvalue weighted by Crippen LogP contribution is -2.37. The van der Waals surface area contributed by atoms with Gasteiger partial charge in [0.15, 0.2) is 0 Å². The van der Waals surface area contributed by atoms with Crippen LogP contribution in [0.25, 0.3) is 0 Å². The summed E-state index contributed by atoms with van der Waals surface area (Å²) in [4.78, 5) is 2.58. The molecule has 0 aromatic carbocycles. The number of aliphatic hydroxyl groups is 1. The van der Waals surface area contributed by atoms with E-state index in [-0.39, 0.29) is 12.1 Å². The maximum Gasteiger partial charge on any atom is 0.0743 e. The number of piperidine rings is 1. The van der Waals surface area contributed by atoms with Crippen molar-refractivity contribution in [2.75, 3.05) is 6.54 Å². The Hall–Kier alpha value is -0.380. The van der Waals surface area contributed by atoms with Crippen LogP contribution in [-0.4, -0.2) is 17.8 Å². The molecule has 1 saturated heterocycles. The zero-order valence-corrected chi connectivity index (χ0v) is 8.60. The van der Waals surface area contributed by atoms with Crippen LogP contribution in [0.2, 0.25) is 0 Å². The fraction of sp³-hybridized carbons (Fsp3) is 0.600. The molecule has 13 heavy (non-hydrogen) atoms. The number of nitrogens with one attached hydrogen (secondary N) is 1. The third-order valence-corrected chi connectivity index (χ3v) is 3.58. The van der Waals surface area contributed by atoms with Crippen LogP contribution in [-0.2, 0) is 0 Å². The second-order valence-corrected chi connectivity index (χ2v) is 4.91. The zero-order valence-electron chi connectivity index (χ0n) is 7.79. The van der Waals surface area contributed by atoms with Gasteiger partial charge in [0, 0.05) is 9.75 Å². The van der Waals surface area contributed by atoms with Crippen LogP contribution in [0.5, 0.6) is 0 Å². The summed E-state index contributed by atoms with van der Waals surface area (Å²) in [6.07, 6.45) is 1.81. The summed E-state index contributed by atoms with van der Waals surface area (Å²) in [5, 5.41) is 13.1. The first kappa shape index (κ1) is 9.19. The number of thiophene rings is 1. The SMILES string of the molecule is Cc1ccc(C2NCCCC2O)s1. The van der Waals surface area contributed by atoms with Crippen LogP contribution in [0.4, 0.5) is 0 Å². The van der Waals surface area contributed by atoms with E-state index >= 15 is 0 Å². The minimum absolute atomic E-state index is 0.174. The van der Waals surface area contributed by atoms with Gasteiger partial charge in [-0.1, -0.05) is 0 Å². The minimum atomic E-state index is -0.202. The molecule has 0 bridgehead atoms. The maximum absolute atomic E-state index is 9.78. The number of aliphatic hydroxyl groups excluding tert-OH is 1. The maximum atomic E-state index is 9.78. The van der Waals surface area contributed by atoms with Gasteiger partial charge in [-0.25, -0.2) is 0 Å². The average molecular weight is 197 g/mol. The van der Waals surface area contributed by atoms with Crippen LogP contribution < -0.4 is 5.32 Å². The van der Waals surface area contributed by atoms with E-state index in [9.17, 15) is 5.11 Å². The van der Waals surface area contributed by atoms with Gasteiger partial charge in [0.25, 0.3) is 0 Å². The Morgan fingerprint density at radius 1 is 1.54 bits per heavy atom. The van der Waals surface area contributed by atoms with Crippen molar-refractivity contribution in [1.29, 1.82) is 0 Å². The molecule has 1 aromatic rings. The fourth-order valence-electron chi connectivity index (χ4n) is 1.78. The van der Waals surface area contributed by atoms with Crippen LogP contribution >= 0.6 is 11.3 Å². The summed E-state index contributed by atoms with van der Waals surface area (Å²) in [5.74, 6) is 0. The summed E-state index contributed by atoms with van der Waals surface area (Å²) in [6, 6.07) is 4.40. The molecule has 2 unspecified atom stereocenters. The summed E-state index contributed by atoms with van der Waals surface area (Å²) in [5.41, 5.74) is 0. The van der Waals surface area contributed by atoms with Crippen molar-refractivity contribution in [2.24, 2.45) is 0 Å². The van der Waals surface area contributed by atoms with Crippen molar-refractivity contribution < 1.29 is 5.11 Å². The number of aryl methyl sites for hydroxylation is 1. The molecule has 0 aliphatic carbocycles. The van der Waals surface area contributed by atoms with Gasteiger partial charge in [0.2, 0.25) is 0 Å². The van der Waals surface area contributed by atoms with Gasteiger partial charge in [-0.3, -0.25) is 0 Å². The molecule has 2 atom stereocenters. The van der Waals surface area contributed by atoms with Crippen LogP contribution in [0.15, 0.2) is 12.1 Å². The molecule has 72 valence electrons. The lowest BCUT2D eigenvalue weighted by atomic mass is 10.0. The van der Waals surface area contributed by atoms with Gasteiger partial charge in [-0.15, -0.1) is 11.3 Å². The van der Waals surface area contributed by atoms with E-state index in [0.717, 1.165) is 19.4 Å². The topological polar surface area (TPSA) is 32.3 Å². The minimum Gasteiger partial charge on any atom is -0.391 e. The van der Waals surface area contributed by atoms with E-state index in [4.69, 9.17) is 0 Å². The molecule has 1 aliphatic heterocycles. The summed E-state index contributed by atoms with van der Waals surface area (Å²) in [6.45, 7) is 3.13. The standard InChI is InChI=1S/C10H15NOS/c1-7-4-5-9(13-7)10-8(12)3-2-6-11-10/h4-5,8,10-12H,2-3,6H2,1H3. The van der Waals surface area contributed by atoms with Gasteiger partial charge in [0.1, 0.15) is 0 Å². The number of hydrogen-bond donors (Lipinski definition) is 2. The first-order valence-corrected chi connectivity index (χ1v) is 5.57. The molecular formula is C10H15NOS. The summed E-state index contributed by atoms with van der Waals surface area (Å²) in [7, 11) is 0. The molecule has 1 aliphatic rings. The number of rotatable bonds is 1. The monoisotopic (exact) mass is 197 g/mol. The van der Waals surface area contributed by atoms with E-state index in [1.54, 1.807) is 11.3 Å². The van der Waals surface area contributed by atoms with Crippen molar-refractivity contribution in [1.82, 2.24) is 5.32 Å². The van der Waals surface area contributed by atoms with E-state index in [1.165, 1.54) is 9.75 Å². The van der Waals surface area contributed by atoms with Gasteiger partial charge >= 0.3 is 0 Å². The Balaban J connectivity index is 2.14. The molecule has 0 saturated carbocycles. The van der Waals surface area contributed by atoms with Gasteiger partial charge in [-0.05, 0) is 38.4 Å². The summed E-state index contributed by atoms with van der Waals surface area (Å²) >= 11 is 1.78. The van der Waals surface area contributed by atoms with Crippen LogP contribution in [0.1, 0.15) is 28.6 Å². The Morgan fingerprint density at radius 2 is 2.38 bits per heavy atom. The molecular weight excluding hydrogens is 182 g/mol. The Kier molecular flexibility index (Phi) is 2.67. The molecule has 2 heterocycles. The summed E-state index contributed by atoms with van der Waals surface area (Å²) < 4.78 is 0. The van der Waals surface area contributed by atoms with E-state index < -0.39 is 0 Å². The van der Waals surface area contributed by atoms with E-state index in [1.807, 2.05) is 0 Å². The van der Waals surface area contributed by atoms with Crippen molar-refractivity contribution in [3.05, 3.63) is 21.9 Å². The van der Waals surface area contributed by atoms with Gasteiger partial charge in [-0.2, -0.15) is 0 Å².